The lowest BCUT2D eigenvalue weighted by molar-refractivity contribution is 0.620. The van der Waals surface area contributed by atoms with Crippen molar-refractivity contribution in [1.29, 1.82) is 0 Å². The number of benzene rings is 9. The van der Waals surface area contributed by atoms with E-state index >= 15 is 0 Å². The molecule has 282 valence electrons. The van der Waals surface area contributed by atoms with Gasteiger partial charge in [-0.2, -0.15) is 0 Å². The molecule has 0 amide bonds. The molecule has 0 saturated heterocycles. The van der Waals surface area contributed by atoms with Crippen LogP contribution in [0.2, 0.25) is 0 Å². The predicted octanol–water partition coefficient (Wildman–Crippen LogP) is 16.7. The molecule has 3 nitrogen and oxygen atoms in total. The van der Waals surface area contributed by atoms with Crippen LogP contribution in [-0.4, -0.2) is 4.98 Å². The van der Waals surface area contributed by atoms with Gasteiger partial charge in [0.2, 0.25) is 5.89 Å². The molecular weight excluding hydrogens is 769 g/mol. The number of rotatable bonds is 7. The smallest absolute Gasteiger partial charge is 0.227 e. The molecule has 0 spiro atoms. The number of fused-ring (bicyclic) bond motifs is 8. The highest BCUT2D eigenvalue weighted by Crippen LogP contribution is 2.46. The van der Waals surface area contributed by atoms with E-state index in [-0.39, 0.29) is 0 Å². The normalized spacial score (nSPS) is 11.7. The summed E-state index contributed by atoms with van der Waals surface area (Å²) >= 11 is 3.67. The second kappa shape index (κ2) is 14.2. The second-order valence-electron chi connectivity index (χ2n) is 15.1. The third-order valence-electron chi connectivity index (χ3n) is 11.5. The summed E-state index contributed by atoms with van der Waals surface area (Å²) in [6, 6.07) is 73.8. The van der Waals surface area contributed by atoms with Crippen molar-refractivity contribution < 1.29 is 4.42 Å². The first kappa shape index (κ1) is 34.7. The lowest BCUT2D eigenvalue weighted by Crippen LogP contribution is -2.09. The molecule has 12 aromatic rings. The minimum Gasteiger partial charge on any atom is -0.436 e. The average molecular weight is 803 g/mol. The third kappa shape index (κ3) is 5.82. The van der Waals surface area contributed by atoms with Crippen LogP contribution >= 0.6 is 22.7 Å². The van der Waals surface area contributed by atoms with E-state index in [0.717, 1.165) is 50.2 Å². The molecule has 5 heteroatoms. The van der Waals surface area contributed by atoms with Gasteiger partial charge >= 0.3 is 0 Å². The van der Waals surface area contributed by atoms with Crippen molar-refractivity contribution in [2.24, 2.45) is 0 Å². The van der Waals surface area contributed by atoms with Crippen LogP contribution in [0, 0.1) is 0 Å². The monoisotopic (exact) mass is 802 g/mol. The van der Waals surface area contributed by atoms with Gasteiger partial charge in [0, 0.05) is 68.5 Å². The topological polar surface area (TPSA) is 29.3 Å². The van der Waals surface area contributed by atoms with Gasteiger partial charge < -0.3 is 9.32 Å². The maximum atomic E-state index is 6.53. The molecule has 0 N–H and O–H groups in total. The fourth-order valence-electron chi connectivity index (χ4n) is 8.67. The lowest BCUT2D eigenvalue weighted by Gasteiger charge is -2.26. The molecule has 0 radical (unpaired) electrons. The van der Waals surface area contributed by atoms with Gasteiger partial charge in [0.1, 0.15) is 5.52 Å². The Morgan fingerprint density at radius 1 is 0.383 bits per heavy atom. The molecule has 0 fully saturated rings. The first-order chi connectivity index (χ1) is 29.7. The van der Waals surface area contributed by atoms with Gasteiger partial charge in [-0.25, -0.2) is 4.98 Å². The summed E-state index contributed by atoms with van der Waals surface area (Å²) in [5.74, 6) is 0.634. The summed E-state index contributed by atoms with van der Waals surface area (Å²) in [5, 5.41) is 4.97. The van der Waals surface area contributed by atoms with E-state index in [4.69, 9.17) is 9.40 Å². The molecule has 0 bridgehead atoms. The zero-order valence-corrected chi connectivity index (χ0v) is 33.9. The SMILES string of the molecule is c1ccc(-c2ccc(N(c3ccc(-c4cc5oc(-c6ccccc6)nc5c5c4sc4ccccc45)cc3)c3ccc(-c4cccc5sc6ccccc6c45)cc3)cc2)cc1. The molecule has 0 unspecified atom stereocenters. The minimum absolute atomic E-state index is 0.634. The zero-order valence-electron chi connectivity index (χ0n) is 32.2. The van der Waals surface area contributed by atoms with Crippen molar-refractivity contribution in [1.82, 2.24) is 4.98 Å². The van der Waals surface area contributed by atoms with Gasteiger partial charge in [0.25, 0.3) is 0 Å². The highest BCUT2D eigenvalue weighted by Gasteiger charge is 2.21. The Morgan fingerprint density at radius 3 is 1.53 bits per heavy atom. The minimum atomic E-state index is 0.634. The summed E-state index contributed by atoms with van der Waals surface area (Å²) in [6.45, 7) is 0. The van der Waals surface area contributed by atoms with Gasteiger partial charge in [0.15, 0.2) is 5.58 Å². The molecule has 0 saturated carbocycles. The van der Waals surface area contributed by atoms with Crippen molar-refractivity contribution >= 4 is 91.2 Å². The summed E-state index contributed by atoms with van der Waals surface area (Å²) in [7, 11) is 0. The third-order valence-corrected chi connectivity index (χ3v) is 13.9. The van der Waals surface area contributed by atoms with Crippen molar-refractivity contribution in [2.45, 2.75) is 0 Å². The Kier molecular flexibility index (Phi) is 8.22. The molecule has 12 rings (SSSR count). The average Bonchev–Trinajstić information content (AvgIpc) is 4.04. The maximum absolute atomic E-state index is 6.53. The van der Waals surface area contributed by atoms with E-state index in [0.29, 0.717) is 5.89 Å². The second-order valence-corrected chi connectivity index (χ2v) is 17.2. The van der Waals surface area contributed by atoms with Crippen molar-refractivity contribution in [3.8, 4) is 44.8 Å². The largest absolute Gasteiger partial charge is 0.436 e. The van der Waals surface area contributed by atoms with Crippen LogP contribution in [0.3, 0.4) is 0 Å². The van der Waals surface area contributed by atoms with Crippen molar-refractivity contribution in [3.05, 3.63) is 206 Å². The predicted molar refractivity (Wildman–Crippen MR) is 256 cm³/mol. The first-order valence-corrected chi connectivity index (χ1v) is 21.7. The fraction of sp³-hybridized carbons (Fsp3) is 0. The zero-order chi connectivity index (χ0) is 39.6. The van der Waals surface area contributed by atoms with Gasteiger partial charge in [0.05, 0.1) is 0 Å². The number of thiophene rings is 2. The summed E-state index contributed by atoms with van der Waals surface area (Å²) in [5.41, 5.74) is 13.0. The molecule has 0 aliphatic rings. The van der Waals surface area contributed by atoms with Crippen LogP contribution in [-0.2, 0) is 0 Å². The standard InChI is InChI=1S/C55H34N2OS2/c1-3-12-35(13-4-1)36-22-28-40(29-23-36)57(41-30-24-37(25-31-41)43-18-11-21-50-51(43)44-16-7-9-19-48(44)59-50)42-32-26-38(27-33-42)46-34-47-53(56-55(58-47)39-14-5-2-6-15-39)52-45-17-8-10-20-49(45)60-54(46)52/h1-34H. The van der Waals surface area contributed by atoms with Crippen molar-refractivity contribution in [2.75, 3.05) is 4.90 Å². The van der Waals surface area contributed by atoms with Crippen LogP contribution in [0.4, 0.5) is 17.1 Å². The Balaban J connectivity index is 0.974. The maximum Gasteiger partial charge on any atom is 0.227 e. The van der Waals surface area contributed by atoms with Crippen LogP contribution in [0.25, 0.3) is 96.3 Å². The van der Waals surface area contributed by atoms with Gasteiger partial charge in [-0.1, -0.05) is 133 Å². The van der Waals surface area contributed by atoms with E-state index in [1.807, 2.05) is 53.0 Å². The quantitative estimate of drug-likeness (QED) is 0.161. The molecule has 0 atom stereocenters. The Hall–Kier alpha value is -7.31. The number of hydrogen-bond acceptors (Lipinski definition) is 5. The Bertz CT molecular complexity index is 3510. The highest BCUT2D eigenvalue weighted by atomic mass is 32.1. The van der Waals surface area contributed by atoms with Crippen LogP contribution in [0.1, 0.15) is 0 Å². The van der Waals surface area contributed by atoms with E-state index in [1.54, 1.807) is 0 Å². The lowest BCUT2D eigenvalue weighted by atomic mass is 9.99. The Labute approximate surface area is 354 Å². The van der Waals surface area contributed by atoms with Crippen molar-refractivity contribution in [3.63, 3.8) is 0 Å². The number of nitrogens with zero attached hydrogens (tertiary/aromatic N) is 2. The number of hydrogen-bond donors (Lipinski definition) is 0. The summed E-state index contributed by atoms with van der Waals surface area (Å²) < 4.78 is 11.6. The number of anilines is 3. The number of aromatic nitrogens is 1. The molecule has 0 aliphatic carbocycles. The number of oxazole rings is 1. The van der Waals surface area contributed by atoms with Crippen LogP contribution < -0.4 is 4.90 Å². The van der Waals surface area contributed by atoms with E-state index < -0.39 is 0 Å². The summed E-state index contributed by atoms with van der Waals surface area (Å²) in [6.07, 6.45) is 0. The first-order valence-electron chi connectivity index (χ1n) is 20.1. The molecule has 60 heavy (non-hydrogen) atoms. The van der Waals surface area contributed by atoms with E-state index in [1.165, 1.54) is 57.2 Å². The van der Waals surface area contributed by atoms with Gasteiger partial charge in [-0.3, -0.25) is 0 Å². The van der Waals surface area contributed by atoms with E-state index in [2.05, 4.69) is 181 Å². The van der Waals surface area contributed by atoms with E-state index in [9.17, 15) is 0 Å². The highest BCUT2D eigenvalue weighted by molar-refractivity contribution is 7.26. The molecule has 3 heterocycles. The molecule has 0 aliphatic heterocycles. The van der Waals surface area contributed by atoms with Crippen LogP contribution in [0.5, 0.6) is 0 Å². The van der Waals surface area contributed by atoms with Gasteiger partial charge in [-0.15, -0.1) is 22.7 Å². The van der Waals surface area contributed by atoms with Gasteiger partial charge in [-0.05, 0) is 101 Å². The summed E-state index contributed by atoms with van der Waals surface area (Å²) in [4.78, 5) is 7.43. The molecule has 3 aromatic heterocycles. The fourth-order valence-corrected chi connectivity index (χ4v) is 11.0. The van der Waals surface area contributed by atoms with Crippen LogP contribution in [0.15, 0.2) is 211 Å². The molecule has 9 aromatic carbocycles. The Morgan fingerprint density at radius 2 is 0.883 bits per heavy atom. The molecular formula is C55H34N2OS2.